The molecule has 1 aromatic carbocycles. The minimum absolute atomic E-state index is 0.470. The van der Waals surface area contributed by atoms with Crippen LogP contribution in [0.3, 0.4) is 0 Å². The fraction of sp³-hybridized carbons (Fsp3) is 0.250. The molecule has 1 aliphatic heterocycles. The number of amides is 1. The van der Waals surface area contributed by atoms with Crippen molar-refractivity contribution in [3.05, 3.63) is 40.4 Å². The Bertz CT molecular complexity index is 442. The third-order valence-corrected chi connectivity index (χ3v) is 3.33. The smallest absolute Gasteiger partial charge is 0.407 e. The van der Waals surface area contributed by atoms with Gasteiger partial charge >= 0.3 is 6.09 Å². The molecular formula is C12H12BrNO2. The summed E-state index contributed by atoms with van der Waals surface area (Å²) in [6, 6.07) is 7.88. The molecule has 1 heterocycles. The molecule has 0 unspecified atom stereocenters. The Labute approximate surface area is 103 Å². The molecule has 0 aromatic heterocycles. The number of benzene rings is 1. The number of carboxylic acid groups (broad SMARTS) is 1. The molecule has 16 heavy (non-hydrogen) atoms. The van der Waals surface area contributed by atoms with Crippen LogP contribution in [-0.2, 0) is 0 Å². The van der Waals surface area contributed by atoms with E-state index in [1.807, 2.05) is 24.3 Å². The van der Waals surface area contributed by atoms with Gasteiger partial charge in [-0.25, -0.2) is 4.79 Å². The minimum atomic E-state index is -0.849. The number of hydrogen-bond donors (Lipinski definition) is 1. The highest BCUT2D eigenvalue weighted by Crippen LogP contribution is 2.27. The normalized spacial score (nSPS) is 15.8. The highest BCUT2D eigenvalue weighted by molar-refractivity contribution is 9.10. The summed E-state index contributed by atoms with van der Waals surface area (Å²) in [5.41, 5.74) is 2.15. The summed E-state index contributed by atoms with van der Waals surface area (Å²) in [6.07, 6.45) is 2.04. The molecule has 0 spiro atoms. The zero-order chi connectivity index (χ0) is 11.5. The van der Waals surface area contributed by atoms with Gasteiger partial charge in [-0.05, 0) is 23.6 Å². The SMILES string of the molecule is O=C(O)N1CCC=C(c2ccccc2Br)C1. The van der Waals surface area contributed by atoms with E-state index in [1.165, 1.54) is 4.90 Å². The van der Waals surface area contributed by atoms with E-state index in [-0.39, 0.29) is 0 Å². The van der Waals surface area contributed by atoms with Crippen LogP contribution in [0.15, 0.2) is 34.8 Å². The lowest BCUT2D eigenvalue weighted by Gasteiger charge is -2.25. The lowest BCUT2D eigenvalue weighted by Crippen LogP contribution is -2.34. The van der Waals surface area contributed by atoms with Gasteiger partial charge in [0.15, 0.2) is 0 Å². The van der Waals surface area contributed by atoms with Crippen molar-refractivity contribution >= 4 is 27.6 Å². The number of rotatable bonds is 1. The molecular weight excluding hydrogens is 270 g/mol. The first-order valence-electron chi connectivity index (χ1n) is 5.10. The van der Waals surface area contributed by atoms with E-state index in [0.717, 1.165) is 22.0 Å². The van der Waals surface area contributed by atoms with Crippen LogP contribution in [0.4, 0.5) is 4.79 Å². The van der Waals surface area contributed by atoms with Gasteiger partial charge in [-0.15, -0.1) is 0 Å². The van der Waals surface area contributed by atoms with Crippen LogP contribution >= 0.6 is 15.9 Å². The molecule has 0 bridgehead atoms. The lowest BCUT2D eigenvalue weighted by molar-refractivity contribution is 0.150. The van der Waals surface area contributed by atoms with Crippen molar-refractivity contribution in [2.24, 2.45) is 0 Å². The van der Waals surface area contributed by atoms with Gasteiger partial charge in [0.05, 0.1) is 0 Å². The molecule has 3 nitrogen and oxygen atoms in total. The van der Waals surface area contributed by atoms with Crippen molar-refractivity contribution in [3.63, 3.8) is 0 Å². The van der Waals surface area contributed by atoms with Crippen molar-refractivity contribution in [2.45, 2.75) is 6.42 Å². The Hall–Kier alpha value is -1.29. The summed E-state index contributed by atoms with van der Waals surface area (Å²) < 4.78 is 1.01. The predicted molar refractivity (Wildman–Crippen MR) is 66.3 cm³/mol. The lowest BCUT2D eigenvalue weighted by atomic mass is 10.0. The standard InChI is InChI=1S/C12H12BrNO2/c13-11-6-2-1-5-10(11)9-4-3-7-14(8-9)12(15)16/h1-2,4-6H,3,7-8H2,(H,15,16). The molecule has 1 aromatic rings. The Morgan fingerprint density at radius 2 is 2.12 bits per heavy atom. The summed E-state index contributed by atoms with van der Waals surface area (Å²) in [4.78, 5) is 12.3. The zero-order valence-electron chi connectivity index (χ0n) is 8.69. The summed E-state index contributed by atoms with van der Waals surface area (Å²) in [7, 11) is 0. The molecule has 0 radical (unpaired) electrons. The maximum absolute atomic E-state index is 10.9. The quantitative estimate of drug-likeness (QED) is 0.859. The van der Waals surface area contributed by atoms with Crippen LogP contribution in [0.2, 0.25) is 0 Å². The van der Waals surface area contributed by atoms with Crippen LogP contribution in [0.5, 0.6) is 0 Å². The number of halogens is 1. The summed E-state index contributed by atoms with van der Waals surface area (Å²) in [5, 5.41) is 8.96. The second kappa shape index (κ2) is 4.70. The zero-order valence-corrected chi connectivity index (χ0v) is 10.3. The number of nitrogens with zero attached hydrogens (tertiary/aromatic N) is 1. The van der Waals surface area contributed by atoms with Crippen molar-refractivity contribution in [2.75, 3.05) is 13.1 Å². The topological polar surface area (TPSA) is 40.5 Å². The number of hydrogen-bond acceptors (Lipinski definition) is 1. The molecule has 0 saturated heterocycles. The Morgan fingerprint density at radius 1 is 1.38 bits per heavy atom. The first kappa shape index (κ1) is 11.2. The van der Waals surface area contributed by atoms with Gasteiger partial charge in [-0.3, -0.25) is 0 Å². The molecule has 84 valence electrons. The third-order valence-electron chi connectivity index (χ3n) is 2.64. The molecule has 0 aliphatic carbocycles. The van der Waals surface area contributed by atoms with Crippen molar-refractivity contribution in [1.82, 2.24) is 4.90 Å². The fourth-order valence-corrected chi connectivity index (χ4v) is 2.36. The molecule has 1 amide bonds. The van der Waals surface area contributed by atoms with Gasteiger partial charge in [0.25, 0.3) is 0 Å². The summed E-state index contributed by atoms with van der Waals surface area (Å²) in [6.45, 7) is 1.06. The van der Waals surface area contributed by atoms with Gasteiger partial charge < -0.3 is 10.0 Å². The van der Waals surface area contributed by atoms with Crippen LogP contribution < -0.4 is 0 Å². The minimum Gasteiger partial charge on any atom is -0.465 e. The highest BCUT2D eigenvalue weighted by Gasteiger charge is 2.18. The van der Waals surface area contributed by atoms with E-state index in [2.05, 4.69) is 22.0 Å². The van der Waals surface area contributed by atoms with Gasteiger partial charge in [0, 0.05) is 17.6 Å². The van der Waals surface area contributed by atoms with Crippen LogP contribution in [0.1, 0.15) is 12.0 Å². The van der Waals surface area contributed by atoms with Crippen molar-refractivity contribution in [3.8, 4) is 0 Å². The van der Waals surface area contributed by atoms with Crippen LogP contribution in [-0.4, -0.2) is 29.2 Å². The number of carbonyl (C=O) groups is 1. The van der Waals surface area contributed by atoms with E-state index in [4.69, 9.17) is 5.11 Å². The van der Waals surface area contributed by atoms with E-state index >= 15 is 0 Å². The van der Waals surface area contributed by atoms with E-state index in [1.54, 1.807) is 0 Å². The maximum atomic E-state index is 10.9. The molecule has 1 N–H and O–H groups in total. The van der Waals surface area contributed by atoms with Gasteiger partial charge in [-0.1, -0.05) is 40.2 Å². The summed E-state index contributed by atoms with van der Waals surface area (Å²) >= 11 is 3.48. The molecule has 2 rings (SSSR count). The van der Waals surface area contributed by atoms with E-state index < -0.39 is 6.09 Å². The van der Waals surface area contributed by atoms with E-state index in [9.17, 15) is 4.79 Å². The molecule has 4 heteroatoms. The monoisotopic (exact) mass is 281 g/mol. The summed E-state index contributed by atoms with van der Waals surface area (Å²) in [5.74, 6) is 0. The molecule has 0 saturated carbocycles. The first-order chi connectivity index (χ1) is 7.68. The second-order valence-electron chi connectivity index (χ2n) is 3.70. The van der Waals surface area contributed by atoms with Gasteiger partial charge in [0.1, 0.15) is 0 Å². The molecule has 0 fully saturated rings. The first-order valence-corrected chi connectivity index (χ1v) is 5.89. The highest BCUT2D eigenvalue weighted by atomic mass is 79.9. The van der Waals surface area contributed by atoms with Crippen LogP contribution in [0.25, 0.3) is 5.57 Å². The van der Waals surface area contributed by atoms with Gasteiger partial charge in [-0.2, -0.15) is 0 Å². The fourth-order valence-electron chi connectivity index (χ4n) is 1.82. The Kier molecular flexibility index (Phi) is 3.29. The van der Waals surface area contributed by atoms with E-state index in [0.29, 0.717) is 13.1 Å². The van der Waals surface area contributed by atoms with Gasteiger partial charge in [0.2, 0.25) is 0 Å². The van der Waals surface area contributed by atoms with Crippen LogP contribution in [0, 0.1) is 0 Å². The molecule has 1 aliphatic rings. The second-order valence-corrected chi connectivity index (χ2v) is 4.56. The largest absolute Gasteiger partial charge is 0.465 e. The maximum Gasteiger partial charge on any atom is 0.407 e. The Balaban J connectivity index is 2.26. The average molecular weight is 282 g/mol. The van der Waals surface area contributed by atoms with Crippen molar-refractivity contribution in [1.29, 1.82) is 0 Å². The average Bonchev–Trinajstić information content (AvgIpc) is 2.30. The third kappa shape index (κ3) is 2.27. The predicted octanol–water partition coefficient (Wildman–Crippen LogP) is 3.22. The van der Waals surface area contributed by atoms with Crippen molar-refractivity contribution < 1.29 is 9.90 Å². The Morgan fingerprint density at radius 3 is 2.81 bits per heavy atom. The molecule has 0 atom stereocenters.